The highest BCUT2D eigenvalue weighted by Gasteiger charge is 2.18. The van der Waals surface area contributed by atoms with Gasteiger partial charge < -0.3 is 20.3 Å². The van der Waals surface area contributed by atoms with E-state index in [1.165, 1.54) is 0 Å². The number of likely N-dealkylation sites (N-methyl/N-ethyl adjacent to an activating group) is 1. The Morgan fingerprint density at radius 3 is 3.00 bits per heavy atom. The fourth-order valence-electron chi connectivity index (χ4n) is 1.47. The maximum atomic E-state index is 11.8. The van der Waals surface area contributed by atoms with Crippen LogP contribution in [-0.2, 0) is 4.74 Å². The summed E-state index contributed by atoms with van der Waals surface area (Å²) in [6, 6.07) is 0.0564. The van der Waals surface area contributed by atoms with Crippen LogP contribution in [-0.4, -0.2) is 62.3 Å². The van der Waals surface area contributed by atoms with Crippen molar-refractivity contribution in [2.45, 2.75) is 6.42 Å². The summed E-state index contributed by atoms with van der Waals surface area (Å²) in [6.07, 6.45) is 0.919. The third-order valence-corrected chi connectivity index (χ3v) is 2.28. The Morgan fingerprint density at radius 2 is 2.29 bits per heavy atom. The van der Waals surface area contributed by atoms with E-state index in [2.05, 4.69) is 0 Å². The molecule has 1 aliphatic rings. The number of rotatable bonds is 2. The molecular formula is C9H19N3O2. The van der Waals surface area contributed by atoms with Crippen LogP contribution < -0.4 is 5.73 Å². The molecule has 1 heterocycles. The molecule has 2 N–H and O–H groups in total. The second-order valence-electron chi connectivity index (χ2n) is 3.45. The number of nitrogens with zero attached hydrogens (tertiary/aromatic N) is 2. The van der Waals surface area contributed by atoms with Crippen molar-refractivity contribution in [2.24, 2.45) is 5.73 Å². The van der Waals surface area contributed by atoms with E-state index in [9.17, 15) is 4.79 Å². The molecule has 0 saturated carbocycles. The van der Waals surface area contributed by atoms with Gasteiger partial charge in [-0.25, -0.2) is 4.79 Å². The minimum absolute atomic E-state index is 0.0564. The van der Waals surface area contributed by atoms with Crippen molar-refractivity contribution in [3.63, 3.8) is 0 Å². The van der Waals surface area contributed by atoms with Gasteiger partial charge in [-0.2, -0.15) is 0 Å². The molecule has 1 saturated heterocycles. The van der Waals surface area contributed by atoms with Crippen LogP contribution in [0.1, 0.15) is 6.42 Å². The van der Waals surface area contributed by atoms with E-state index in [0.29, 0.717) is 26.2 Å². The minimum Gasteiger partial charge on any atom is -0.380 e. The Bertz CT molecular complexity index is 179. The number of carbonyl (C=O) groups excluding carboxylic acids is 1. The number of hydrogen-bond donors (Lipinski definition) is 1. The van der Waals surface area contributed by atoms with Gasteiger partial charge in [0.1, 0.15) is 0 Å². The fraction of sp³-hybridized carbons (Fsp3) is 0.889. The third kappa shape index (κ3) is 3.16. The van der Waals surface area contributed by atoms with Gasteiger partial charge in [0, 0.05) is 39.8 Å². The molecule has 1 fully saturated rings. The van der Waals surface area contributed by atoms with Gasteiger partial charge in [0.25, 0.3) is 0 Å². The molecule has 5 nitrogen and oxygen atoms in total. The first-order valence-electron chi connectivity index (χ1n) is 5.03. The topological polar surface area (TPSA) is 58.8 Å². The summed E-state index contributed by atoms with van der Waals surface area (Å²) in [5.74, 6) is 0. The van der Waals surface area contributed by atoms with Gasteiger partial charge in [0.15, 0.2) is 0 Å². The molecule has 0 aromatic carbocycles. The Hall–Kier alpha value is -0.810. The molecular weight excluding hydrogens is 182 g/mol. The van der Waals surface area contributed by atoms with Crippen LogP contribution in [0.2, 0.25) is 0 Å². The van der Waals surface area contributed by atoms with Gasteiger partial charge in [0.05, 0.1) is 6.61 Å². The normalized spacial score (nSPS) is 17.7. The van der Waals surface area contributed by atoms with Crippen LogP contribution in [0.5, 0.6) is 0 Å². The highest BCUT2D eigenvalue weighted by atomic mass is 16.5. The van der Waals surface area contributed by atoms with Gasteiger partial charge in [-0.05, 0) is 6.42 Å². The third-order valence-electron chi connectivity index (χ3n) is 2.28. The van der Waals surface area contributed by atoms with E-state index >= 15 is 0 Å². The number of nitrogens with two attached hydrogens (primary N) is 1. The van der Waals surface area contributed by atoms with Crippen LogP contribution >= 0.6 is 0 Å². The summed E-state index contributed by atoms with van der Waals surface area (Å²) in [6.45, 7) is 3.98. The van der Waals surface area contributed by atoms with Crippen LogP contribution in [0.25, 0.3) is 0 Å². The van der Waals surface area contributed by atoms with Crippen molar-refractivity contribution >= 4 is 6.03 Å². The Labute approximate surface area is 84.8 Å². The van der Waals surface area contributed by atoms with E-state index < -0.39 is 0 Å². The van der Waals surface area contributed by atoms with Crippen molar-refractivity contribution in [1.29, 1.82) is 0 Å². The number of hydrogen-bond acceptors (Lipinski definition) is 3. The Balaban J connectivity index is 2.40. The number of amides is 2. The van der Waals surface area contributed by atoms with Crippen LogP contribution in [0.3, 0.4) is 0 Å². The number of carbonyl (C=O) groups is 1. The Morgan fingerprint density at radius 1 is 1.50 bits per heavy atom. The quantitative estimate of drug-likeness (QED) is 0.668. The molecule has 0 radical (unpaired) electrons. The summed E-state index contributed by atoms with van der Waals surface area (Å²) in [5, 5.41) is 0. The predicted molar refractivity (Wildman–Crippen MR) is 54.1 cm³/mol. The summed E-state index contributed by atoms with van der Waals surface area (Å²) < 4.78 is 5.28. The van der Waals surface area contributed by atoms with Gasteiger partial charge in [-0.3, -0.25) is 0 Å². The molecule has 2 amide bonds. The SMILES string of the molecule is CN(CCN)C(=O)N1CCCOCC1. The largest absolute Gasteiger partial charge is 0.380 e. The zero-order valence-electron chi connectivity index (χ0n) is 8.74. The van der Waals surface area contributed by atoms with E-state index in [4.69, 9.17) is 10.5 Å². The second kappa shape index (κ2) is 5.82. The lowest BCUT2D eigenvalue weighted by molar-refractivity contribution is 0.135. The average molecular weight is 201 g/mol. The molecule has 0 atom stereocenters. The molecule has 82 valence electrons. The van der Waals surface area contributed by atoms with Gasteiger partial charge in [-0.1, -0.05) is 0 Å². The van der Waals surface area contributed by atoms with E-state index in [-0.39, 0.29) is 6.03 Å². The summed E-state index contributed by atoms with van der Waals surface area (Å²) in [7, 11) is 1.78. The molecule has 0 spiro atoms. The molecule has 0 aromatic rings. The molecule has 5 heteroatoms. The molecule has 0 unspecified atom stereocenters. The number of urea groups is 1. The van der Waals surface area contributed by atoms with E-state index in [1.807, 2.05) is 4.90 Å². The zero-order valence-corrected chi connectivity index (χ0v) is 8.74. The monoisotopic (exact) mass is 201 g/mol. The van der Waals surface area contributed by atoms with Crippen molar-refractivity contribution in [1.82, 2.24) is 9.80 Å². The van der Waals surface area contributed by atoms with Crippen LogP contribution in [0, 0.1) is 0 Å². The highest BCUT2D eigenvalue weighted by Crippen LogP contribution is 2.02. The lowest BCUT2D eigenvalue weighted by atomic mass is 10.4. The van der Waals surface area contributed by atoms with Crippen molar-refractivity contribution < 1.29 is 9.53 Å². The predicted octanol–water partition coefficient (Wildman–Crippen LogP) is -0.281. The zero-order chi connectivity index (χ0) is 10.4. The molecule has 1 aliphatic heterocycles. The first-order valence-corrected chi connectivity index (χ1v) is 5.03. The average Bonchev–Trinajstić information content (AvgIpc) is 2.45. The van der Waals surface area contributed by atoms with E-state index in [1.54, 1.807) is 11.9 Å². The summed E-state index contributed by atoms with van der Waals surface area (Å²) >= 11 is 0. The number of ether oxygens (including phenoxy) is 1. The minimum atomic E-state index is 0.0564. The molecule has 1 rings (SSSR count). The van der Waals surface area contributed by atoms with Gasteiger partial charge >= 0.3 is 6.03 Å². The lowest BCUT2D eigenvalue weighted by Gasteiger charge is -2.26. The summed E-state index contributed by atoms with van der Waals surface area (Å²) in [5.41, 5.74) is 5.39. The van der Waals surface area contributed by atoms with Crippen LogP contribution in [0.15, 0.2) is 0 Å². The first kappa shape index (κ1) is 11.3. The maximum Gasteiger partial charge on any atom is 0.319 e. The summed E-state index contributed by atoms with van der Waals surface area (Å²) in [4.78, 5) is 15.3. The van der Waals surface area contributed by atoms with Gasteiger partial charge in [0.2, 0.25) is 0 Å². The Kier molecular flexibility index (Phi) is 4.69. The highest BCUT2D eigenvalue weighted by molar-refractivity contribution is 5.74. The molecule has 14 heavy (non-hydrogen) atoms. The van der Waals surface area contributed by atoms with Crippen molar-refractivity contribution in [2.75, 3.05) is 46.4 Å². The molecule has 0 aromatic heterocycles. The van der Waals surface area contributed by atoms with E-state index in [0.717, 1.165) is 19.6 Å². The maximum absolute atomic E-state index is 11.8. The molecule has 0 aliphatic carbocycles. The molecule has 0 bridgehead atoms. The first-order chi connectivity index (χ1) is 6.75. The fourth-order valence-corrected chi connectivity index (χ4v) is 1.47. The smallest absolute Gasteiger partial charge is 0.319 e. The second-order valence-corrected chi connectivity index (χ2v) is 3.45. The standard InChI is InChI=1S/C9H19N3O2/c1-11(5-3-10)9(13)12-4-2-7-14-8-6-12/h2-8,10H2,1H3. The van der Waals surface area contributed by atoms with Crippen LogP contribution in [0.4, 0.5) is 4.79 Å². The van der Waals surface area contributed by atoms with Crippen molar-refractivity contribution in [3.8, 4) is 0 Å². The van der Waals surface area contributed by atoms with Gasteiger partial charge in [-0.15, -0.1) is 0 Å². The van der Waals surface area contributed by atoms with Crippen molar-refractivity contribution in [3.05, 3.63) is 0 Å². The lowest BCUT2D eigenvalue weighted by Crippen LogP contribution is -2.44.